The van der Waals surface area contributed by atoms with Crippen molar-refractivity contribution in [2.75, 3.05) is 13.6 Å². The van der Waals surface area contributed by atoms with Crippen LogP contribution in [0.25, 0.3) is 0 Å². The summed E-state index contributed by atoms with van der Waals surface area (Å²) in [6.07, 6.45) is 2.31. The van der Waals surface area contributed by atoms with Gasteiger partial charge in [0.2, 0.25) is 0 Å². The molecule has 23 heavy (non-hydrogen) atoms. The Kier molecular flexibility index (Phi) is 5.78. The molecular formula is C19H22ClFN2. The summed E-state index contributed by atoms with van der Waals surface area (Å²) in [5, 5.41) is 0.466. The van der Waals surface area contributed by atoms with E-state index < -0.39 is 0 Å². The van der Waals surface area contributed by atoms with Gasteiger partial charge in [-0.25, -0.2) is 9.38 Å². The average Bonchev–Trinajstić information content (AvgIpc) is 2.52. The summed E-state index contributed by atoms with van der Waals surface area (Å²) in [4.78, 5) is 6.54. The minimum absolute atomic E-state index is 0.263. The Morgan fingerprint density at radius 3 is 2.61 bits per heavy atom. The number of hydrogen-bond donors (Lipinski definition) is 0. The fraction of sp³-hybridized carbons (Fsp3) is 0.316. The van der Waals surface area contributed by atoms with Gasteiger partial charge in [-0.2, -0.15) is 0 Å². The molecule has 2 rings (SSSR count). The van der Waals surface area contributed by atoms with Crippen molar-refractivity contribution in [3.05, 3.63) is 63.4 Å². The molecule has 0 saturated heterocycles. The Hall–Kier alpha value is -1.87. The third-order valence-corrected chi connectivity index (χ3v) is 4.33. The van der Waals surface area contributed by atoms with E-state index in [-0.39, 0.29) is 5.82 Å². The van der Waals surface area contributed by atoms with E-state index in [0.29, 0.717) is 17.0 Å². The van der Waals surface area contributed by atoms with Gasteiger partial charge in [0.1, 0.15) is 5.82 Å². The number of hydrogen-bond acceptors (Lipinski definition) is 1. The van der Waals surface area contributed by atoms with E-state index in [2.05, 4.69) is 18.0 Å². The topological polar surface area (TPSA) is 15.6 Å². The molecule has 2 aromatic carbocycles. The van der Waals surface area contributed by atoms with Gasteiger partial charge in [-0.1, -0.05) is 23.7 Å². The van der Waals surface area contributed by atoms with Gasteiger partial charge < -0.3 is 4.90 Å². The quantitative estimate of drug-likeness (QED) is 0.536. The lowest BCUT2D eigenvalue weighted by atomic mass is 9.97. The second-order valence-electron chi connectivity index (χ2n) is 5.76. The van der Waals surface area contributed by atoms with E-state index >= 15 is 0 Å². The van der Waals surface area contributed by atoms with Crippen LogP contribution in [-0.4, -0.2) is 24.8 Å². The predicted molar refractivity (Wildman–Crippen MR) is 96.6 cm³/mol. The van der Waals surface area contributed by atoms with Crippen molar-refractivity contribution in [1.82, 2.24) is 4.90 Å². The lowest BCUT2D eigenvalue weighted by molar-refractivity contribution is 0.552. The molecule has 0 radical (unpaired) electrons. The van der Waals surface area contributed by atoms with E-state index in [1.807, 2.05) is 38.2 Å². The van der Waals surface area contributed by atoms with Crippen LogP contribution in [0.15, 0.2) is 35.3 Å². The summed E-state index contributed by atoms with van der Waals surface area (Å²) < 4.78 is 14.0. The Bertz CT molecular complexity index is 705. The molecule has 2 aromatic rings. The molecule has 0 aliphatic rings. The van der Waals surface area contributed by atoms with Crippen molar-refractivity contribution < 1.29 is 4.39 Å². The maximum Gasteiger partial charge on any atom is 0.128 e. The van der Waals surface area contributed by atoms with Crippen LogP contribution in [0.4, 0.5) is 10.1 Å². The Morgan fingerprint density at radius 1 is 1.22 bits per heavy atom. The molecule has 0 aliphatic heterocycles. The highest BCUT2D eigenvalue weighted by Gasteiger charge is 2.11. The highest BCUT2D eigenvalue weighted by Crippen LogP contribution is 2.28. The summed E-state index contributed by atoms with van der Waals surface area (Å²) in [5.41, 5.74) is 4.70. The van der Waals surface area contributed by atoms with Crippen molar-refractivity contribution >= 4 is 23.6 Å². The molecular weight excluding hydrogens is 311 g/mol. The van der Waals surface area contributed by atoms with Crippen LogP contribution in [0.3, 0.4) is 0 Å². The zero-order valence-corrected chi connectivity index (χ0v) is 14.8. The summed E-state index contributed by atoms with van der Waals surface area (Å²) in [6.45, 7) is 7.02. The number of aryl methyl sites for hydroxylation is 2. The van der Waals surface area contributed by atoms with Gasteiger partial charge in [-0.15, -0.1) is 0 Å². The standard InChI is InChI=1S/C19H22ClFN2/c1-5-23(4)12-22-19-10-13(2)15(9-14(19)3)11-16-17(20)7-6-8-18(16)21/h6-10,12H,5,11H2,1-4H3. The third kappa shape index (κ3) is 4.32. The maximum absolute atomic E-state index is 14.0. The van der Waals surface area contributed by atoms with Gasteiger partial charge in [0.25, 0.3) is 0 Å². The van der Waals surface area contributed by atoms with Crippen LogP contribution >= 0.6 is 11.6 Å². The zero-order chi connectivity index (χ0) is 17.0. The molecule has 0 fully saturated rings. The fourth-order valence-electron chi connectivity index (χ4n) is 2.32. The summed E-state index contributed by atoms with van der Waals surface area (Å²) in [6, 6.07) is 8.90. The molecule has 0 aliphatic carbocycles. The molecule has 0 bridgehead atoms. The summed E-state index contributed by atoms with van der Waals surface area (Å²) in [5.74, 6) is -0.263. The number of aliphatic imine (C=N–C) groups is 1. The molecule has 0 saturated carbocycles. The molecule has 4 heteroatoms. The zero-order valence-electron chi connectivity index (χ0n) is 14.0. The second-order valence-corrected chi connectivity index (χ2v) is 6.17. The molecule has 0 heterocycles. The predicted octanol–water partition coefficient (Wildman–Crippen LogP) is 5.30. The first kappa shape index (κ1) is 17.5. The number of halogens is 2. The minimum atomic E-state index is -0.263. The number of nitrogens with zero attached hydrogens (tertiary/aromatic N) is 2. The number of rotatable bonds is 5. The van der Waals surface area contributed by atoms with Crippen molar-refractivity contribution in [2.45, 2.75) is 27.2 Å². The molecule has 0 atom stereocenters. The van der Waals surface area contributed by atoms with Gasteiger partial charge in [0.05, 0.1) is 12.0 Å². The van der Waals surface area contributed by atoms with Crippen molar-refractivity contribution in [3.8, 4) is 0 Å². The van der Waals surface area contributed by atoms with Gasteiger partial charge in [-0.3, -0.25) is 0 Å². The SMILES string of the molecule is CCN(C)C=Nc1cc(C)c(Cc2c(F)cccc2Cl)cc1C. The lowest BCUT2D eigenvalue weighted by Crippen LogP contribution is -2.14. The Morgan fingerprint density at radius 2 is 1.96 bits per heavy atom. The van der Waals surface area contributed by atoms with Gasteiger partial charge in [-0.05, 0) is 55.7 Å². The molecule has 0 aromatic heterocycles. The largest absolute Gasteiger partial charge is 0.366 e. The maximum atomic E-state index is 14.0. The first-order valence-corrected chi connectivity index (χ1v) is 8.07. The van der Waals surface area contributed by atoms with E-state index in [0.717, 1.165) is 28.9 Å². The average molecular weight is 333 g/mol. The van der Waals surface area contributed by atoms with E-state index in [1.165, 1.54) is 6.07 Å². The Balaban J connectivity index is 2.32. The first-order valence-electron chi connectivity index (χ1n) is 7.69. The van der Waals surface area contributed by atoms with Crippen molar-refractivity contribution in [1.29, 1.82) is 0 Å². The summed E-state index contributed by atoms with van der Waals surface area (Å²) in [7, 11) is 1.99. The first-order chi connectivity index (χ1) is 10.9. The van der Waals surface area contributed by atoms with Crippen LogP contribution in [0.2, 0.25) is 5.02 Å². The van der Waals surface area contributed by atoms with E-state index in [4.69, 9.17) is 11.6 Å². The third-order valence-electron chi connectivity index (χ3n) is 3.98. The highest BCUT2D eigenvalue weighted by molar-refractivity contribution is 6.31. The molecule has 0 N–H and O–H groups in total. The fourth-order valence-corrected chi connectivity index (χ4v) is 2.55. The van der Waals surface area contributed by atoms with Crippen molar-refractivity contribution in [2.24, 2.45) is 4.99 Å². The highest BCUT2D eigenvalue weighted by atomic mass is 35.5. The van der Waals surface area contributed by atoms with Gasteiger partial charge >= 0.3 is 0 Å². The smallest absolute Gasteiger partial charge is 0.128 e. The van der Waals surface area contributed by atoms with Crippen LogP contribution in [0, 0.1) is 19.7 Å². The van der Waals surface area contributed by atoms with Gasteiger partial charge in [0.15, 0.2) is 0 Å². The molecule has 0 spiro atoms. The Labute approximate surface area is 142 Å². The lowest BCUT2D eigenvalue weighted by Gasteiger charge is -2.13. The van der Waals surface area contributed by atoms with Crippen LogP contribution in [0.1, 0.15) is 29.2 Å². The van der Waals surface area contributed by atoms with Crippen LogP contribution in [-0.2, 0) is 6.42 Å². The van der Waals surface area contributed by atoms with E-state index in [1.54, 1.807) is 12.1 Å². The van der Waals surface area contributed by atoms with Gasteiger partial charge in [0, 0.05) is 30.6 Å². The molecule has 0 amide bonds. The second kappa shape index (κ2) is 7.60. The molecule has 2 nitrogen and oxygen atoms in total. The van der Waals surface area contributed by atoms with Crippen LogP contribution in [0.5, 0.6) is 0 Å². The van der Waals surface area contributed by atoms with E-state index in [9.17, 15) is 4.39 Å². The van der Waals surface area contributed by atoms with Crippen molar-refractivity contribution in [3.63, 3.8) is 0 Å². The molecule has 0 unspecified atom stereocenters. The normalized spacial score (nSPS) is 11.2. The summed E-state index contributed by atoms with van der Waals surface area (Å²) >= 11 is 6.13. The van der Waals surface area contributed by atoms with Crippen LogP contribution < -0.4 is 0 Å². The number of benzene rings is 2. The monoisotopic (exact) mass is 332 g/mol. The minimum Gasteiger partial charge on any atom is -0.366 e. The molecule has 122 valence electrons.